The number of aliphatic hydroxyl groups is 4. The minimum atomic E-state index is -0.642. The normalized spacial score (nSPS) is 13.7. The van der Waals surface area contributed by atoms with E-state index < -0.39 is 30.5 Å². The van der Waals surface area contributed by atoms with Crippen LogP contribution in [-0.2, 0) is 16.1 Å². The summed E-state index contributed by atoms with van der Waals surface area (Å²) in [5.41, 5.74) is 0. The highest BCUT2D eigenvalue weighted by Crippen LogP contribution is 2.25. The van der Waals surface area contributed by atoms with Crippen molar-refractivity contribution in [1.82, 2.24) is 30.0 Å². The molecule has 0 aliphatic carbocycles. The molecule has 0 spiro atoms. The number of aryl methyl sites for hydroxylation is 1. The quantitative estimate of drug-likeness (QED) is 0.0209. The van der Waals surface area contributed by atoms with Crippen molar-refractivity contribution in [3.8, 4) is 0 Å². The van der Waals surface area contributed by atoms with Gasteiger partial charge in [-0.05, 0) is 122 Å². The van der Waals surface area contributed by atoms with Gasteiger partial charge in [-0.3, -0.25) is 19.4 Å². The first-order valence-electron chi connectivity index (χ1n) is 39.4. The molecule has 92 heavy (non-hydrogen) atoms. The Balaban J connectivity index is 2.78. The van der Waals surface area contributed by atoms with Gasteiger partial charge in [0.15, 0.2) is 0 Å². The monoisotopic (exact) mass is 1330 g/mol. The van der Waals surface area contributed by atoms with Gasteiger partial charge in [-0.15, -0.1) is 0 Å². The lowest BCUT2D eigenvalue weighted by atomic mass is 10.0. The number of rotatable bonds is 73. The summed E-state index contributed by atoms with van der Waals surface area (Å²) in [4.78, 5) is 36.1. The van der Waals surface area contributed by atoms with Crippen molar-refractivity contribution >= 4 is 33.4 Å². The highest BCUT2D eigenvalue weighted by molar-refractivity contribution is 8.76. The number of aromatic nitrogens is 2. The first kappa shape index (κ1) is 88.1. The van der Waals surface area contributed by atoms with Gasteiger partial charge >= 0.3 is 0 Å². The molecule has 1 aromatic rings. The number of carbonyl (C=O) groups excluding carboxylic acids is 2. The predicted molar refractivity (Wildman–Crippen MR) is 401 cm³/mol. The van der Waals surface area contributed by atoms with Gasteiger partial charge in [0.2, 0.25) is 11.8 Å². The molecule has 540 valence electrons. The molecule has 14 heteroatoms. The Bertz CT molecular complexity index is 1670. The number of nitrogens with one attached hydrogen (secondary N) is 2. The number of carbonyl (C=O) groups is 2. The van der Waals surface area contributed by atoms with Crippen molar-refractivity contribution < 1.29 is 30.0 Å². The van der Waals surface area contributed by atoms with Gasteiger partial charge in [0.1, 0.15) is 6.04 Å². The van der Waals surface area contributed by atoms with Crippen molar-refractivity contribution in [1.29, 1.82) is 0 Å². The predicted octanol–water partition coefficient (Wildman–Crippen LogP) is 19.6. The van der Waals surface area contributed by atoms with Crippen molar-refractivity contribution in [2.24, 2.45) is 0 Å². The first-order chi connectivity index (χ1) is 45.1. The Hall–Kier alpha value is -1.91. The fraction of sp³-hybridized carbons (Fsp3) is 0.885. The van der Waals surface area contributed by atoms with Crippen LogP contribution < -0.4 is 10.6 Å². The van der Waals surface area contributed by atoms with Crippen molar-refractivity contribution in [2.45, 2.75) is 386 Å². The molecule has 12 nitrogen and oxygen atoms in total. The van der Waals surface area contributed by atoms with Crippen LogP contribution in [0.5, 0.6) is 0 Å². The number of allylic oxidation sites excluding steroid dienone is 4. The van der Waals surface area contributed by atoms with Gasteiger partial charge in [0, 0.05) is 69.6 Å². The van der Waals surface area contributed by atoms with E-state index >= 15 is 0 Å². The van der Waals surface area contributed by atoms with E-state index in [2.05, 4.69) is 77.4 Å². The van der Waals surface area contributed by atoms with Gasteiger partial charge in [-0.25, -0.2) is 4.98 Å². The van der Waals surface area contributed by atoms with Crippen LogP contribution >= 0.6 is 21.6 Å². The van der Waals surface area contributed by atoms with Gasteiger partial charge in [-0.1, -0.05) is 279 Å². The third-order valence-electron chi connectivity index (χ3n) is 18.3. The largest absolute Gasteiger partial charge is 0.392 e. The van der Waals surface area contributed by atoms with Crippen LogP contribution in [0.3, 0.4) is 0 Å². The Morgan fingerprint density at radius 3 is 1.17 bits per heavy atom. The molecular formula is C78H150N6O6S2. The number of unbranched alkanes of at least 4 members (excludes halogenated alkanes) is 35. The lowest BCUT2D eigenvalue weighted by Crippen LogP contribution is -2.47. The Morgan fingerprint density at radius 1 is 0.435 bits per heavy atom. The molecule has 0 bridgehead atoms. The summed E-state index contributed by atoms with van der Waals surface area (Å²) in [5, 5.41) is 51.2. The second-order valence-electron chi connectivity index (χ2n) is 27.5. The molecule has 1 heterocycles. The van der Waals surface area contributed by atoms with Gasteiger partial charge in [0.25, 0.3) is 0 Å². The average molecular weight is 1330 g/mol. The minimum Gasteiger partial charge on any atom is -0.392 e. The molecular weight excluding hydrogens is 1180 g/mol. The fourth-order valence-corrected chi connectivity index (χ4v) is 14.7. The summed E-state index contributed by atoms with van der Waals surface area (Å²) in [6, 6.07) is -0.642. The highest BCUT2D eigenvalue weighted by Gasteiger charge is 2.22. The Kier molecular flexibility index (Phi) is 66.1. The zero-order valence-corrected chi connectivity index (χ0v) is 62.2. The summed E-state index contributed by atoms with van der Waals surface area (Å²) in [6.45, 7) is 13.9. The Labute approximate surface area is 576 Å². The maximum atomic E-state index is 13.7. The van der Waals surface area contributed by atoms with Crippen LogP contribution in [0.25, 0.3) is 0 Å². The van der Waals surface area contributed by atoms with Crippen molar-refractivity contribution in [3.63, 3.8) is 0 Å². The molecule has 0 saturated heterocycles. The second-order valence-corrected chi connectivity index (χ2v) is 30.2. The lowest BCUT2D eigenvalue weighted by molar-refractivity contribution is -0.129. The van der Waals surface area contributed by atoms with E-state index in [0.717, 1.165) is 134 Å². The summed E-state index contributed by atoms with van der Waals surface area (Å²) in [6.07, 6.45) is 70.2. The van der Waals surface area contributed by atoms with Gasteiger partial charge in [0.05, 0.1) is 30.7 Å². The minimum absolute atomic E-state index is 0.144. The van der Waals surface area contributed by atoms with Crippen molar-refractivity contribution in [2.75, 3.05) is 57.3 Å². The molecule has 1 rings (SSSR count). The maximum Gasteiger partial charge on any atom is 0.242 e. The maximum absolute atomic E-state index is 13.7. The Morgan fingerprint density at radius 2 is 0.793 bits per heavy atom. The topological polar surface area (TPSA) is 163 Å². The van der Waals surface area contributed by atoms with E-state index in [1.807, 2.05) is 21.6 Å². The molecule has 0 aliphatic rings. The molecule has 5 unspecified atom stereocenters. The molecule has 0 aliphatic heterocycles. The van der Waals surface area contributed by atoms with E-state index in [-0.39, 0.29) is 18.2 Å². The van der Waals surface area contributed by atoms with E-state index in [1.165, 1.54) is 193 Å². The fourth-order valence-electron chi connectivity index (χ4n) is 12.4. The number of aliphatic hydroxyl groups excluding tert-OH is 4. The molecule has 6 N–H and O–H groups in total. The van der Waals surface area contributed by atoms with E-state index in [9.17, 15) is 30.0 Å². The molecule has 5 atom stereocenters. The number of imidazole rings is 1. The van der Waals surface area contributed by atoms with Crippen LogP contribution in [-0.4, -0.2) is 139 Å². The summed E-state index contributed by atoms with van der Waals surface area (Å²) in [5.74, 6) is 1.38. The summed E-state index contributed by atoms with van der Waals surface area (Å²) in [7, 11) is 3.57. The number of hydrogen-bond donors (Lipinski definition) is 6. The lowest BCUT2D eigenvalue weighted by Gasteiger charge is -2.27. The van der Waals surface area contributed by atoms with Crippen LogP contribution in [0, 0.1) is 0 Å². The van der Waals surface area contributed by atoms with E-state index in [4.69, 9.17) is 0 Å². The number of nitrogens with zero attached hydrogens (tertiary/aromatic N) is 4. The summed E-state index contributed by atoms with van der Waals surface area (Å²) >= 11 is 0. The highest BCUT2D eigenvalue weighted by atomic mass is 33.1. The third-order valence-corrected chi connectivity index (χ3v) is 20.8. The third kappa shape index (κ3) is 60.5. The van der Waals surface area contributed by atoms with Crippen LogP contribution in [0.4, 0.5) is 0 Å². The van der Waals surface area contributed by atoms with Gasteiger partial charge in [-0.2, -0.15) is 0 Å². The zero-order valence-electron chi connectivity index (χ0n) is 60.6. The summed E-state index contributed by atoms with van der Waals surface area (Å²) < 4.78 is 2.00. The molecule has 0 aromatic carbocycles. The van der Waals surface area contributed by atoms with E-state index in [1.54, 1.807) is 23.3 Å². The average Bonchev–Trinajstić information content (AvgIpc) is 4.11. The molecule has 0 fully saturated rings. The zero-order chi connectivity index (χ0) is 66.7. The standard InChI is InChI=1S/C78H150N6O6S2/c1-5-9-13-17-21-25-27-29-31-33-35-39-43-47-53-72(85)67-83(68-73(86)54-48-44-40-36-34-32-30-28-26-22-18-14-10-6-2)61-49-50-65-91-92-66-58-76(78(90)80-59-52-63-82-64-60-79-71-82)81-77(89)57-51-62-84(69-74(87)55-45-41-37-23-19-15-11-7-3)70-75(88)56-46-42-38-24-20-16-12-8-4/h29-32,60,64,71-76,85-88H,5-28,33-59,61-63,65-70H2,1-4H3,(H,80,90)(H,81,89)/b31-29-,32-30-. The SMILES string of the molecule is CCCCCCCC/C=C\CCCCCCC(O)CN(CCCCSSCCC(NC(=O)CCCN(CC(O)CCCCCCCCCC)CC(O)CCCCCCCCCC)C(=O)NCCCn1ccnc1)CC(O)CCCCCC/C=C\CCCCCCCC. The molecule has 0 saturated carbocycles. The van der Waals surface area contributed by atoms with E-state index in [0.29, 0.717) is 52.1 Å². The van der Waals surface area contributed by atoms with Gasteiger partial charge < -0.3 is 35.6 Å². The first-order valence-corrected chi connectivity index (χ1v) is 41.8. The van der Waals surface area contributed by atoms with Crippen molar-refractivity contribution in [3.05, 3.63) is 43.0 Å². The smallest absolute Gasteiger partial charge is 0.242 e. The molecule has 1 aromatic heterocycles. The van der Waals surface area contributed by atoms with Crippen LogP contribution in [0.2, 0.25) is 0 Å². The molecule has 0 radical (unpaired) electrons. The second kappa shape index (κ2) is 69.0. The van der Waals surface area contributed by atoms with Crippen LogP contribution in [0.15, 0.2) is 43.0 Å². The number of hydrogen-bond acceptors (Lipinski definition) is 11. The van der Waals surface area contributed by atoms with Crippen LogP contribution in [0.1, 0.15) is 349 Å². The number of amides is 2. The molecule has 2 amide bonds.